The van der Waals surface area contributed by atoms with E-state index in [1.807, 2.05) is 6.07 Å². The number of nitrogens with one attached hydrogen (secondary N) is 1. The van der Waals surface area contributed by atoms with Crippen molar-refractivity contribution in [2.45, 2.75) is 19.3 Å². The smallest absolute Gasteiger partial charge is 0.128 e. The summed E-state index contributed by atoms with van der Waals surface area (Å²) in [6.07, 6.45) is 3.09. The minimum Gasteiger partial charge on any atom is -0.385 e. The number of halogens is 1. The first kappa shape index (κ1) is 7.59. The van der Waals surface area contributed by atoms with Crippen molar-refractivity contribution in [2.75, 3.05) is 11.9 Å². The SMILES string of the molecule is Fc1cccc2c1CCCCN2. The van der Waals surface area contributed by atoms with Crippen LogP contribution in [0.4, 0.5) is 10.1 Å². The van der Waals surface area contributed by atoms with Gasteiger partial charge in [0.2, 0.25) is 0 Å². The van der Waals surface area contributed by atoms with Crippen LogP contribution in [-0.4, -0.2) is 6.54 Å². The van der Waals surface area contributed by atoms with Gasteiger partial charge in [0.1, 0.15) is 5.82 Å². The van der Waals surface area contributed by atoms with Gasteiger partial charge in [0.15, 0.2) is 0 Å². The van der Waals surface area contributed by atoms with E-state index in [1.54, 1.807) is 6.07 Å². The van der Waals surface area contributed by atoms with Gasteiger partial charge in [0.25, 0.3) is 0 Å². The summed E-state index contributed by atoms with van der Waals surface area (Å²) in [7, 11) is 0. The van der Waals surface area contributed by atoms with Crippen molar-refractivity contribution in [1.82, 2.24) is 0 Å². The molecule has 2 rings (SSSR count). The average molecular weight is 165 g/mol. The van der Waals surface area contributed by atoms with E-state index in [1.165, 1.54) is 6.07 Å². The fourth-order valence-electron chi connectivity index (χ4n) is 1.63. The molecule has 12 heavy (non-hydrogen) atoms. The molecule has 0 spiro atoms. The van der Waals surface area contributed by atoms with Crippen LogP contribution in [0.2, 0.25) is 0 Å². The molecule has 64 valence electrons. The van der Waals surface area contributed by atoms with Crippen molar-refractivity contribution in [2.24, 2.45) is 0 Å². The number of fused-ring (bicyclic) bond motifs is 1. The van der Waals surface area contributed by atoms with Crippen LogP contribution in [0.1, 0.15) is 18.4 Å². The maximum absolute atomic E-state index is 13.2. The molecule has 0 atom stereocenters. The average Bonchev–Trinajstić information content (AvgIpc) is 2.30. The lowest BCUT2D eigenvalue weighted by Crippen LogP contribution is -2.00. The second kappa shape index (κ2) is 3.13. The van der Waals surface area contributed by atoms with Crippen LogP contribution in [0, 0.1) is 5.82 Å². The molecule has 0 unspecified atom stereocenters. The third-order valence-electron chi connectivity index (χ3n) is 2.29. The van der Waals surface area contributed by atoms with Gasteiger partial charge < -0.3 is 5.32 Å². The van der Waals surface area contributed by atoms with Gasteiger partial charge in [0, 0.05) is 17.8 Å². The first-order valence-corrected chi connectivity index (χ1v) is 4.39. The van der Waals surface area contributed by atoms with Crippen LogP contribution >= 0.6 is 0 Å². The van der Waals surface area contributed by atoms with Crippen molar-refractivity contribution in [3.8, 4) is 0 Å². The minimum atomic E-state index is -0.0677. The molecule has 1 nitrogen and oxygen atoms in total. The lowest BCUT2D eigenvalue weighted by molar-refractivity contribution is 0.607. The lowest BCUT2D eigenvalue weighted by Gasteiger charge is -2.06. The predicted octanol–water partition coefficient (Wildman–Crippen LogP) is 2.57. The summed E-state index contributed by atoms with van der Waals surface area (Å²) < 4.78 is 13.2. The van der Waals surface area contributed by atoms with E-state index >= 15 is 0 Å². The second-order valence-electron chi connectivity index (χ2n) is 3.15. The first-order valence-electron chi connectivity index (χ1n) is 4.39. The van der Waals surface area contributed by atoms with Crippen LogP contribution in [0.15, 0.2) is 18.2 Å². The van der Waals surface area contributed by atoms with Crippen molar-refractivity contribution in [3.05, 3.63) is 29.6 Å². The zero-order valence-electron chi connectivity index (χ0n) is 6.94. The Morgan fingerprint density at radius 3 is 3.08 bits per heavy atom. The maximum Gasteiger partial charge on any atom is 0.128 e. The van der Waals surface area contributed by atoms with Gasteiger partial charge in [-0.05, 0) is 31.4 Å². The van der Waals surface area contributed by atoms with Gasteiger partial charge in [0.05, 0.1) is 0 Å². The maximum atomic E-state index is 13.2. The van der Waals surface area contributed by atoms with Crippen LogP contribution in [0.5, 0.6) is 0 Å². The van der Waals surface area contributed by atoms with Gasteiger partial charge in [-0.15, -0.1) is 0 Å². The number of hydrogen-bond acceptors (Lipinski definition) is 1. The van der Waals surface area contributed by atoms with E-state index in [2.05, 4.69) is 5.32 Å². The standard InChI is InChI=1S/C10H12FN/c11-9-5-3-6-10-8(9)4-1-2-7-12-10/h3,5-6,12H,1-2,4,7H2. The number of rotatable bonds is 0. The van der Waals surface area contributed by atoms with Crippen molar-refractivity contribution >= 4 is 5.69 Å². The summed E-state index contributed by atoms with van der Waals surface area (Å²) in [5.41, 5.74) is 1.84. The third kappa shape index (κ3) is 1.29. The molecule has 0 amide bonds. The van der Waals surface area contributed by atoms with Gasteiger partial charge in [-0.2, -0.15) is 0 Å². The Labute approximate surface area is 71.6 Å². The summed E-state index contributed by atoms with van der Waals surface area (Å²) in [5.74, 6) is -0.0677. The molecule has 0 radical (unpaired) electrons. The van der Waals surface area contributed by atoms with Crippen LogP contribution in [0.25, 0.3) is 0 Å². The zero-order valence-corrected chi connectivity index (χ0v) is 6.94. The number of hydrogen-bond donors (Lipinski definition) is 1. The molecule has 0 bridgehead atoms. The van der Waals surface area contributed by atoms with E-state index in [9.17, 15) is 4.39 Å². The lowest BCUT2D eigenvalue weighted by atomic mass is 10.1. The number of benzene rings is 1. The minimum absolute atomic E-state index is 0.0677. The Morgan fingerprint density at radius 1 is 1.25 bits per heavy atom. The van der Waals surface area contributed by atoms with Crippen molar-refractivity contribution < 1.29 is 4.39 Å². The van der Waals surface area contributed by atoms with Gasteiger partial charge in [-0.25, -0.2) is 4.39 Å². The summed E-state index contributed by atoms with van der Waals surface area (Å²) in [5, 5.41) is 3.23. The highest BCUT2D eigenvalue weighted by atomic mass is 19.1. The fraction of sp³-hybridized carbons (Fsp3) is 0.400. The van der Waals surface area contributed by atoms with Crippen LogP contribution < -0.4 is 5.32 Å². The molecule has 0 saturated heterocycles. The number of anilines is 1. The Hall–Kier alpha value is -1.05. The summed E-state index contributed by atoms with van der Waals surface area (Å²) in [4.78, 5) is 0. The topological polar surface area (TPSA) is 12.0 Å². The molecule has 0 aliphatic carbocycles. The largest absolute Gasteiger partial charge is 0.385 e. The molecule has 1 aromatic carbocycles. The molecule has 0 aromatic heterocycles. The Balaban J connectivity index is 2.42. The third-order valence-corrected chi connectivity index (χ3v) is 2.29. The van der Waals surface area contributed by atoms with E-state index in [-0.39, 0.29) is 5.82 Å². The van der Waals surface area contributed by atoms with Crippen LogP contribution in [0.3, 0.4) is 0 Å². The highest BCUT2D eigenvalue weighted by Crippen LogP contribution is 2.23. The Kier molecular flexibility index (Phi) is 1.98. The molecular weight excluding hydrogens is 153 g/mol. The summed E-state index contributed by atoms with van der Waals surface area (Å²) >= 11 is 0. The fourth-order valence-corrected chi connectivity index (χ4v) is 1.63. The summed E-state index contributed by atoms with van der Waals surface area (Å²) in [6.45, 7) is 0.969. The first-order chi connectivity index (χ1) is 5.88. The normalized spacial score (nSPS) is 16.1. The molecule has 1 heterocycles. The Bertz CT molecular complexity index is 283. The summed E-state index contributed by atoms with van der Waals surface area (Å²) in [6, 6.07) is 5.24. The monoisotopic (exact) mass is 165 g/mol. The predicted molar refractivity (Wildman–Crippen MR) is 47.8 cm³/mol. The molecular formula is C10H12FN. The Morgan fingerprint density at radius 2 is 2.17 bits per heavy atom. The molecule has 1 aromatic rings. The molecule has 1 N–H and O–H groups in total. The van der Waals surface area contributed by atoms with Crippen molar-refractivity contribution in [3.63, 3.8) is 0 Å². The second-order valence-corrected chi connectivity index (χ2v) is 3.15. The van der Waals surface area contributed by atoms with E-state index in [0.29, 0.717) is 0 Å². The molecule has 1 aliphatic heterocycles. The highest BCUT2D eigenvalue weighted by molar-refractivity contribution is 5.52. The van der Waals surface area contributed by atoms with E-state index < -0.39 is 0 Å². The van der Waals surface area contributed by atoms with Crippen molar-refractivity contribution in [1.29, 1.82) is 0 Å². The molecule has 2 heteroatoms. The quantitative estimate of drug-likeness (QED) is 0.623. The van der Waals surface area contributed by atoms with Gasteiger partial charge in [-0.1, -0.05) is 6.07 Å². The van der Waals surface area contributed by atoms with Gasteiger partial charge >= 0.3 is 0 Å². The highest BCUT2D eigenvalue weighted by Gasteiger charge is 2.10. The van der Waals surface area contributed by atoms with E-state index in [0.717, 1.165) is 37.1 Å². The zero-order chi connectivity index (χ0) is 8.39. The molecule has 0 fully saturated rings. The van der Waals surface area contributed by atoms with E-state index in [4.69, 9.17) is 0 Å². The van der Waals surface area contributed by atoms with Gasteiger partial charge in [-0.3, -0.25) is 0 Å². The molecule has 0 saturated carbocycles. The van der Waals surface area contributed by atoms with Crippen LogP contribution in [-0.2, 0) is 6.42 Å². The molecule has 1 aliphatic rings.